The Morgan fingerprint density at radius 3 is 1.33 bits per heavy atom. The van der Waals surface area contributed by atoms with Crippen LogP contribution in [0.4, 0.5) is 0 Å². The van der Waals surface area contributed by atoms with E-state index in [-0.39, 0.29) is 0 Å². The van der Waals surface area contributed by atoms with Gasteiger partial charge in [-0.2, -0.15) is 0 Å². The van der Waals surface area contributed by atoms with Gasteiger partial charge in [-0.3, -0.25) is 0 Å². The molecule has 2 heteroatoms. The van der Waals surface area contributed by atoms with Gasteiger partial charge in [0.15, 0.2) is 0 Å². The zero-order chi connectivity index (χ0) is 7.49. The number of nitrogens with zero attached hydrogens (tertiary/aromatic N) is 1. The topological polar surface area (TPSA) is 3.24 Å². The molecule has 0 N–H and O–H groups in total. The van der Waals surface area contributed by atoms with Crippen LogP contribution in [0.5, 0.6) is 0 Å². The monoisotopic (exact) mass is 149 g/mol. The summed E-state index contributed by atoms with van der Waals surface area (Å²) in [6, 6.07) is 0. The van der Waals surface area contributed by atoms with Crippen LogP contribution in [0.1, 0.15) is 13.8 Å². The van der Waals surface area contributed by atoms with Crippen LogP contribution in [0.15, 0.2) is 0 Å². The average Bonchev–Trinajstić information content (AvgIpc) is 1.65. The third-order valence-corrected chi connectivity index (χ3v) is 4.24. The normalized spacial score (nSPS) is 14.4. The van der Waals surface area contributed by atoms with Crippen molar-refractivity contribution in [3.8, 4) is 0 Å². The van der Waals surface area contributed by atoms with Gasteiger partial charge in [0.2, 0.25) is 0 Å². The van der Waals surface area contributed by atoms with E-state index in [1.807, 2.05) is 0 Å². The molecule has 0 unspecified atom stereocenters. The molecule has 0 amide bonds. The SMILES string of the molecule is CCN(CC)[PH](C)(C)C. The van der Waals surface area contributed by atoms with Gasteiger partial charge in [0.25, 0.3) is 0 Å². The molecule has 0 heterocycles. The molecule has 0 fully saturated rings. The van der Waals surface area contributed by atoms with Crippen molar-refractivity contribution in [2.45, 2.75) is 13.8 Å². The maximum atomic E-state index is 2.58. The minimum absolute atomic E-state index is 0.953. The number of hydrogen-bond donors (Lipinski definition) is 0. The van der Waals surface area contributed by atoms with Gasteiger partial charge in [-0.05, 0) is 0 Å². The van der Waals surface area contributed by atoms with Gasteiger partial charge in [0.1, 0.15) is 0 Å². The van der Waals surface area contributed by atoms with E-state index in [4.69, 9.17) is 0 Å². The molecule has 0 aliphatic carbocycles. The second-order valence-electron chi connectivity index (χ2n) is 3.34. The fraction of sp³-hybridized carbons (Fsp3) is 1.00. The van der Waals surface area contributed by atoms with E-state index in [0.29, 0.717) is 0 Å². The molecule has 0 aromatic heterocycles. The molecule has 0 aliphatic rings. The molecular weight excluding hydrogens is 129 g/mol. The predicted octanol–water partition coefficient (Wildman–Crippen LogP) is 1.88. The zero-order valence-electron chi connectivity index (χ0n) is 7.36. The van der Waals surface area contributed by atoms with Crippen molar-refractivity contribution in [1.82, 2.24) is 4.67 Å². The van der Waals surface area contributed by atoms with Crippen LogP contribution in [0.25, 0.3) is 0 Å². The van der Waals surface area contributed by atoms with Crippen molar-refractivity contribution in [2.75, 3.05) is 33.1 Å². The molecule has 0 aromatic carbocycles. The summed E-state index contributed by atoms with van der Waals surface area (Å²) < 4.78 is 2.58. The Morgan fingerprint density at radius 2 is 1.33 bits per heavy atom. The van der Waals surface area contributed by atoms with Crippen LogP contribution in [-0.4, -0.2) is 37.8 Å². The minimum atomic E-state index is -0.953. The second kappa shape index (κ2) is 3.53. The van der Waals surface area contributed by atoms with Crippen LogP contribution >= 0.6 is 7.41 Å². The van der Waals surface area contributed by atoms with Crippen LogP contribution < -0.4 is 0 Å². The van der Waals surface area contributed by atoms with Gasteiger partial charge in [-0.1, -0.05) is 0 Å². The van der Waals surface area contributed by atoms with E-state index in [0.717, 1.165) is 0 Å². The number of hydrogen-bond acceptors (Lipinski definition) is 1. The third-order valence-electron chi connectivity index (χ3n) is 1.71. The van der Waals surface area contributed by atoms with E-state index in [9.17, 15) is 0 Å². The molecule has 1 nitrogen and oxygen atoms in total. The van der Waals surface area contributed by atoms with E-state index >= 15 is 0 Å². The summed E-state index contributed by atoms with van der Waals surface area (Å²) in [5, 5.41) is 0. The van der Waals surface area contributed by atoms with Crippen molar-refractivity contribution in [3.05, 3.63) is 0 Å². The summed E-state index contributed by atoms with van der Waals surface area (Å²) in [5.41, 5.74) is 0. The summed E-state index contributed by atoms with van der Waals surface area (Å²) in [4.78, 5) is 0. The Labute approximate surface area is 59.8 Å². The Balaban J connectivity index is 3.79. The fourth-order valence-electron chi connectivity index (χ4n) is 1.17. The van der Waals surface area contributed by atoms with Gasteiger partial charge >= 0.3 is 59.0 Å². The molecule has 0 atom stereocenters. The van der Waals surface area contributed by atoms with Gasteiger partial charge in [0.05, 0.1) is 0 Å². The zero-order valence-corrected chi connectivity index (χ0v) is 8.36. The van der Waals surface area contributed by atoms with Gasteiger partial charge in [0, 0.05) is 0 Å². The van der Waals surface area contributed by atoms with Gasteiger partial charge in [-0.15, -0.1) is 0 Å². The molecule has 0 rings (SSSR count). The summed E-state index contributed by atoms with van der Waals surface area (Å²) >= 11 is 0. The Bertz CT molecular complexity index is 71.5. The Kier molecular flexibility index (Phi) is 3.68. The third kappa shape index (κ3) is 3.17. The predicted molar refractivity (Wildman–Crippen MR) is 49.0 cm³/mol. The van der Waals surface area contributed by atoms with E-state index < -0.39 is 7.41 Å². The van der Waals surface area contributed by atoms with E-state index in [1.165, 1.54) is 13.1 Å². The summed E-state index contributed by atoms with van der Waals surface area (Å²) in [7, 11) is -0.953. The first-order valence-corrected chi connectivity index (χ1v) is 7.22. The molecule has 0 bridgehead atoms. The summed E-state index contributed by atoms with van der Waals surface area (Å²) in [6.45, 7) is 14.1. The van der Waals surface area contributed by atoms with Crippen LogP contribution in [0.3, 0.4) is 0 Å². The summed E-state index contributed by atoms with van der Waals surface area (Å²) in [5.74, 6) is 0. The Morgan fingerprint density at radius 1 is 1.00 bits per heavy atom. The molecule has 0 aromatic rings. The molecule has 9 heavy (non-hydrogen) atoms. The number of rotatable bonds is 3. The average molecular weight is 149 g/mol. The first-order chi connectivity index (χ1) is 4.02. The first kappa shape index (κ1) is 9.39. The van der Waals surface area contributed by atoms with Crippen LogP contribution in [0, 0.1) is 0 Å². The van der Waals surface area contributed by atoms with Crippen LogP contribution in [-0.2, 0) is 0 Å². The molecule has 0 radical (unpaired) electrons. The molecule has 0 aliphatic heterocycles. The second-order valence-corrected chi connectivity index (χ2v) is 8.32. The molecule has 0 spiro atoms. The van der Waals surface area contributed by atoms with Crippen molar-refractivity contribution >= 4 is 7.41 Å². The standard InChI is InChI=1S/C7H20NP/c1-6-8(7-2)9(3,4)5/h9H,6-7H2,1-5H3. The van der Waals surface area contributed by atoms with Crippen molar-refractivity contribution in [2.24, 2.45) is 0 Å². The van der Waals surface area contributed by atoms with E-state index in [2.05, 4.69) is 38.5 Å². The molecule has 58 valence electrons. The molecule has 0 saturated carbocycles. The van der Waals surface area contributed by atoms with Crippen molar-refractivity contribution < 1.29 is 0 Å². The molecular formula is C7H20NP. The van der Waals surface area contributed by atoms with Crippen molar-refractivity contribution in [1.29, 1.82) is 0 Å². The van der Waals surface area contributed by atoms with Crippen molar-refractivity contribution in [3.63, 3.8) is 0 Å². The van der Waals surface area contributed by atoms with Crippen LogP contribution in [0.2, 0.25) is 0 Å². The fourth-order valence-corrected chi connectivity index (χ4v) is 3.07. The van der Waals surface area contributed by atoms with E-state index in [1.54, 1.807) is 0 Å². The molecule has 0 saturated heterocycles. The first-order valence-electron chi connectivity index (χ1n) is 3.77. The quantitative estimate of drug-likeness (QED) is 0.554. The van der Waals surface area contributed by atoms with Gasteiger partial charge in [-0.25, -0.2) is 0 Å². The Hall–Kier alpha value is 0.390. The summed E-state index contributed by atoms with van der Waals surface area (Å²) in [6.07, 6.45) is 0. The van der Waals surface area contributed by atoms with Gasteiger partial charge < -0.3 is 0 Å². The maximum absolute atomic E-state index is 2.58.